The van der Waals surface area contributed by atoms with Gasteiger partial charge in [-0.25, -0.2) is 0 Å². The monoisotopic (exact) mass is 612 g/mol. The Hall–Kier alpha value is -0.650. The summed E-state index contributed by atoms with van der Waals surface area (Å²) in [5, 5.41) is 33.2. The molecule has 0 aromatic rings. The van der Waals surface area contributed by atoms with Crippen LogP contribution in [0, 0.1) is 0 Å². The van der Waals surface area contributed by atoms with Gasteiger partial charge in [0.1, 0.15) is 0 Å². The Morgan fingerprint density at radius 1 is 0.488 bits per heavy atom. The van der Waals surface area contributed by atoms with E-state index in [1.807, 2.05) is 0 Å². The Balaban J connectivity index is 3.61. The number of hydrogen-bond acceptors (Lipinski definition) is 4. The van der Waals surface area contributed by atoms with Gasteiger partial charge < -0.3 is 20.6 Å². The summed E-state index contributed by atoms with van der Waals surface area (Å²) in [6, 6.07) is -0.650. The maximum Gasteiger partial charge on any atom is 0.222 e. The molecule has 1 amide bonds. The van der Waals surface area contributed by atoms with Crippen LogP contribution >= 0.6 is 0 Å². The maximum atomic E-state index is 12.4. The van der Waals surface area contributed by atoms with Crippen LogP contribution in [-0.2, 0) is 4.79 Å². The van der Waals surface area contributed by atoms with E-state index in [9.17, 15) is 20.1 Å². The maximum absolute atomic E-state index is 12.4. The smallest absolute Gasteiger partial charge is 0.222 e. The molecule has 0 aliphatic rings. The molecule has 0 rings (SSSR count). The standard InChI is InChI=1S/C38H77NO4/c1-3-5-7-9-11-13-15-16-17-18-19-20-21-22-24-26-28-30-32-37(42)36(34-40)39-38(43)33-35(41)31-29-27-25-23-14-12-10-8-6-4-2/h35-37,40-42H,3-34H2,1-2H3,(H,39,43). The van der Waals surface area contributed by atoms with Crippen LogP contribution in [0.15, 0.2) is 0 Å². The van der Waals surface area contributed by atoms with Crippen LogP contribution in [0.5, 0.6) is 0 Å². The molecule has 4 N–H and O–H groups in total. The minimum Gasteiger partial charge on any atom is -0.394 e. The highest BCUT2D eigenvalue weighted by Crippen LogP contribution is 2.16. The van der Waals surface area contributed by atoms with Crippen LogP contribution in [0.2, 0.25) is 0 Å². The van der Waals surface area contributed by atoms with E-state index in [1.165, 1.54) is 154 Å². The first-order valence-corrected chi connectivity index (χ1v) is 19.3. The summed E-state index contributed by atoms with van der Waals surface area (Å²) in [7, 11) is 0. The van der Waals surface area contributed by atoms with Crippen LogP contribution in [0.3, 0.4) is 0 Å². The quantitative estimate of drug-likeness (QED) is 0.0537. The van der Waals surface area contributed by atoms with Crippen molar-refractivity contribution in [2.45, 2.75) is 231 Å². The van der Waals surface area contributed by atoms with Crippen LogP contribution < -0.4 is 5.32 Å². The van der Waals surface area contributed by atoms with E-state index >= 15 is 0 Å². The third-order valence-corrected chi connectivity index (χ3v) is 9.17. The molecule has 258 valence electrons. The molecule has 3 atom stereocenters. The second-order valence-electron chi connectivity index (χ2n) is 13.6. The van der Waals surface area contributed by atoms with Crippen molar-refractivity contribution < 1.29 is 20.1 Å². The van der Waals surface area contributed by atoms with Gasteiger partial charge in [0, 0.05) is 0 Å². The Kier molecular flexibility index (Phi) is 33.7. The van der Waals surface area contributed by atoms with Crippen molar-refractivity contribution in [3.63, 3.8) is 0 Å². The third-order valence-electron chi connectivity index (χ3n) is 9.17. The molecule has 5 heteroatoms. The minimum atomic E-state index is -0.742. The lowest BCUT2D eigenvalue weighted by atomic mass is 10.0. The van der Waals surface area contributed by atoms with Gasteiger partial charge >= 0.3 is 0 Å². The molecule has 43 heavy (non-hydrogen) atoms. The van der Waals surface area contributed by atoms with Crippen molar-refractivity contribution in [2.24, 2.45) is 0 Å². The fourth-order valence-corrected chi connectivity index (χ4v) is 6.17. The molecule has 0 fully saturated rings. The number of aliphatic hydroxyl groups excluding tert-OH is 3. The van der Waals surface area contributed by atoms with Gasteiger partial charge in [0.25, 0.3) is 0 Å². The second kappa shape index (κ2) is 34.2. The third kappa shape index (κ3) is 31.1. The molecule has 0 aromatic carbocycles. The Bertz CT molecular complexity index is 558. The van der Waals surface area contributed by atoms with Gasteiger partial charge in [-0.1, -0.05) is 194 Å². The van der Waals surface area contributed by atoms with E-state index in [4.69, 9.17) is 0 Å². The molecular formula is C38H77NO4. The van der Waals surface area contributed by atoms with Crippen molar-refractivity contribution in [1.82, 2.24) is 5.32 Å². The van der Waals surface area contributed by atoms with Crippen LogP contribution in [-0.4, -0.2) is 46.1 Å². The summed E-state index contributed by atoms with van der Waals surface area (Å²) < 4.78 is 0. The molecule has 0 bridgehead atoms. The Labute approximate surface area is 268 Å². The Morgan fingerprint density at radius 3 is 1.12 bits per heavy atom. The number of amides is 1. The molecule has 3 unspecified atom stereocenters. The van der Waals surface area contributed by atoms with E-state index in [0.29, 0.717) is 12.8 Å². The van der Waals surface area contributed by atoms with Crippen molar-refractivity contribution >= 4 is 5.91 Å². The number of carbonyl (C=O) groups excluding carboxylic acids is 1. The van der Waals surface area contributed by atoms with Crippen LogP contribution in [0.4, 0.5) is 0 Å². The summed E-state index contributed by atoms with van der Waals surface area (Å²) in [5.74, 6) is -0.282. The zero-order chi connectivity index (χ0) is 31.6. The highest BCUT2D eigenvalue weighted by atomic mass is 16.3. The first kappa shape index (κ1) is 42.3. The first-order chi connectivity index (χ1) is 21.0. The van der Waals surface area contributed by atoms with Gasteiger partial charge in [0.05, 0.1) is 31.3 Å². The SMILES string of the molecule is CCCCCCCCCCCCCCCCCCCCC(O)C(CO)NC(=O)CC(O)CCCCCCCCCCCC. The van der Waals surface area contributed by atoms with Crippen LogP contribution in [0.1, 0.15) is 213 Å². The summed E-state index contributed by atoms with van der Waals surface area (Å²) in [6.45, 7) is 4.25. The lowest BCUT2D eigenvalue weighted by Gasteiger charge is -2.23. The summed E-state index contributed by atoms with van der Waals surface area (Å²) in [4.78, 5) is 12.4. The molecule has 0 spiro atoms. The lowest BCUT2D eigenvalue weighted by Crippen LogP contribution is -2.46. The van der Waals surface area contributed by atoms with E-state index in [0.717, 1.165) is 25.7 Å². The van der Waals surface area contributed by atoms with Crippen molar-refractivity contribution in [3.8, 4) is 0 Å². The largest absolute Gasteiger partial charge is 0.394 e. The molecule has 0 heterocycles. The first-order valence-electron chi connectivity index (χ1n) is 19.3. The average molecular weight is 612 g/mol. The Morgan fingerprint density at radius 2 is 0.791 bits per heavy atom. The van der Waals surface area contributed by atoms with Gasteiger partial charge in [-0.15, -0.1) is 0 Å². The fraction of sp³-hybridized carbons (Fsp3) is 0.974. The number of rotatable bonds is 35. The molecule has 0 radical (unpaired) electrons. The van der Waals surface area contributed by atoms with Crippen molar-refractivity contribution in [1.29, 1.82) is 0 Å². The number of aliphatic hydroxyl groups is 3. The summed E-state index contributed by atoms with van der Waals surface area (Å²) in [5.41, 5.74) is 0. The van der Waals surface area contributed by atoms with Gasteiger partial charge in [-0.2, -0.15) is 0 Å². The van der Waals surface area contributed by atoms with E-state index in [2.05, 4.69) is 19.2 Å². The number of carbonyl (C=O) groups is 1. The molecular weight excluding hydrogens is 534 g/mol. The molecule has 0 aliphatic carbocycles. The number of nitrogens with one attached hydrogen (secondary N) is 1. The van der Waals surface area contributed by atoms with Gasteiger partial charge in [0.15, 0.2) is 0 Å². The number of unbranched alkanes of at least 4 members (excludes halogenated alkanes) is 26. The summed E-state index contributed by atoms with van der Waals surface area (Å²) >= 11 is 0. The van der Waals surface area contributed by atoms with E-state index in [1.54, 1.807) is 0 Å². The molecule has 0 aromatic heterocycles. The van der Waals surface area contributed by atoms with Crippen molar-refractivity contribution in [2.75, 3.05) is 6.61 Å². The molecule has 0 saturated heterocycles. The van der Waals surface area contributed by atoms with E-state index < -0.39 is 18.2 Å². The fourth-order valence-electron chi connectivity index (χ4n) is 6.17. The van der Waals surface area contributed by atoms with Gasteiger partial charge in [0.2, 0.25) is 5.91 Å². The van der Waals surface area contributed by atoms with Gasteiger partial charge in [-0.05, 0) is 12.8 Å². The zero-order valence-corrected chi connectivity index (χ0v) is 29.1. The molecule has 5 nitrogen and oxygen atoms in total. The van der Waals surface area contributed by atoms with E-state index in [-0.39, 0.29) is 18.9 Å². The molecule has 0 aliphatic heterocycles. The van der Waals surface area contributed by atoms with Crippen LogP contribution in [0.25, 0.3) is 0 Å². The highest BCUT2D eigenvalue weighted by molar-refractivity contribution is 5.76. The minimum absolute atomic E-state index is 0.0415. The second-order valence-corrected chi connectivity index (χ2v) is 13.6. The zero-order valence-electron chi connectivity index (χ0n) is 29.1. The topological polar surface area (TPSA) is 89.8 Å². The predicted octanol–water partition coefficient (Wildman–Crippen LogP) is 10.3. The average Bonchev–Trinajstić information content (AvgIpc) is 3.00. The lowest BCUT2D eigenvalue weighted by molar-refractivity contribution is -0.125. The predicted molar refractivity (Wildman–Crippen MR) is 186 cm³/mol. The highest BCUT2D eigenvalue weighted by Gasteiger charge is 2.21. The van der Waals surface area contributed by atoms with Gasteiger partial charge in [-0.3, -0.25) is 4.79 Å². The number of hydrogen-bond donors (Lipinski definition) is 4. The molecule has 0 saturated carbocycles. The van der Waals surface area contributed by atoms with Crippen molar-refractivity contribution in [3.05, 3.63) is 0 Å². The normalized spacial score (nSPS) is 13.7. The summed E-state index contributed by atoms with van der Waals surface area (Å²) in [6.07, 6.45) is 36.3.